The molecule has 2 aromatic carbocycles. The number of thiophene rings is 1. The van der Waals surface area contributed by atoms with Gasteiger partial charge in [0.1, 0.15) is 0 Å². The third-order valence-electron chi connectivity index (χ3n) is 4.56. The molecule has 0 fully saturated rings. The van der Waals surface area contributed by atoms with E-state index < -0.39 is 0 Å². The summed E-state index contributed by atoms with van der Waals surface area (Å²) >= 11 is 11.8. The molecule has 0 aliphatic rings. The number of halogens is 2. The third-order valence-corrected chi connectivity index (χ3v) is 6.80. The molecular formula is C21H17BrClNO2S. The Balaban J connectivity index is 1.67. The monoisotopic (exact) mass is 461 g/mol. The first-order valence-electron chi connectivity index (χ1n) is 8.63. The van der Waals surface area contributed by atoms with Gasteiger partial charge in [-0.3, -0.25) is 4.79 Å². The summed E-state index contributed by atoms with van der Waals surface area (Å²) in [6.07, 6.45) is 2.16. The van der Waals surface area contributed by atoms with E-state index in [0.717, 1.165) is 27.1 Å². The van der Waals surface area contributed by atoms with Gasteiger partial charge in [0.05, 0.1) is 17.9 Å². The van der Waals surface area contributed by atoms with E-state index in [1.54, 1.807) is 11.3 Å². The zero-order chi connectivity index (χ0) is 19.0. The van der Waals surface area contributed by atoms with Crippen LogP contribution in [0.2, 0.25) is 5.02 Å². The van der Waals surface area contributed by atoms with E-state index in [0.29, 0.717) is 6.61 Å². The second-order valence-corrected chi connectivity index (χ2v) is 8.56. The summed E-state index contributed by atoms with van der Waals surface area (Å²) in [5.74, 6) is -0.206. The maximum absolute atomic E-state index is 11.8. The molecule has 1 atom stereocenters. The van der Waals surface area contributed by atoms with Crippen molar-refractivity contribution in [2.75, 3.05) is 6.61 Å². The minimum absolute atomic E-state index is 0.0610. The van der Waals surface area contributed by atoms with Gasteiger partial charge in [-0.2, -0.15) is 0 Å². The second-order valence-electron chi connectivity index (χ2n) is 6.29. The molecule has 0 aliphatic carbocycles. The zero-order valence-electron chi connectivity index (χ0n) is 14.6. The van der Waals surface area contributed by atoms with Crippen LogP contribution < -0.4 is 0 Å². The minimum Gasteiger partial charge on any atom is -0.466 e. The predicted octanol–water partition coefficient (Wildman–Crippen LogP) is 6.63. The SMILES string of the molecule is CCOC(=O)Cc1c[nH]c2cc(C(Br)c3csc4ccc(Cl)cc34)ccc12. The number of hydrogen-bond acceptors (Lipinski definition) is 3. The van der Waals surface area contributed by atoms with Gasteiger partial charge in [0.2, 0.25) is 0 Å². The van der Waals surface area contributed by atoms with Crippen molar-refractivity contribution in [3.05, 3.63) is 69.7 Å². The predicted molar refractivity (Wildman–Crippen MR) is 116 cm³/mol. The number of fused-ring (bicyclic) bond motifs is 2. The Morgan fingerprint density at radius 1 is 1.26 bits per heavy atom. The summed E-state index contributed by atoms with van der Waals surface area (Å²) in [6.45, 7) is 2.21. The number of hydrogen-bond donors (Lipinski definition) is 1. The number of benzene rings is 2. The summed E-state index contributed by atoms with van der Waals surface area (Å²) in [6, 6.07) is 12.3. The van der Waals surface area contributed by atoms with E-state index in [-0.39, 0.29) is 17.2 Å². The van der Waals surface area contributed by atoms with Crippen LogP contribution in [0.5, 0.6) is 0 Å². The van der Waals surface area contributed by atoms with Crippen LogP contribution in [0.15, 0.2) is 48.0 Å². The molecule has 138 valence electrons. The standard InChI is InChI=1S/C21H17BrClNO2S/c1-2-26-20(25)8-13-10-24-18-7-12(3-5-15(13)18)21(22)17-11-27-19-6-4-14(23)9-16(17)19/h3-7,9-11,21,24H,2,8H2,1H3. The molecule has 3 nitrogen and oxygen atoms in total. The lowest BCUT2D eigenvalue weighted by molar-refractivity contribution is -0.142. The highest BCUT2D eigenvalue weighted by molar-refractivity contribution is 9.09. The first-order valence-corrected chi connectivity index (χ1v) is 10.8. The van der Waals surface area contributed by atoms with Gasteiger partial charge in [-0.25, -0.2) is 0 Å². The number of esters is 1. The maximum atomic E-state index is 11.8. The average molecular weight is 463 g/mol. The maximum Gasteiger partial charge on any atom is 0.310 e. The van der Waals surface area contributed by atoms with E-state index in [1.165, 1.54) is 15.6 Å². The van der Waals surface area contributed by atoms with Crippen molar-refractivity contribution in [3.63, 3.8) is 0 Å². The van der Waals surface area contributed by atoms with Crippen LogP contribution in [0.3, 0.4) is 0 Å². The zero-order valence-corrected chi connectivity index (χ0v) is 17.7. The molecule has 0 amide bonds. The number of carbonyl (C=O) groups excluding carboxylic acids is 1. The van der Waals surface area contributed by atoms with Gasteiger partial charge in [-0.15, -0.1) is 11.3 Å². The molecule has 2 heterocycles. The number of alkyl halides is 1. The van der Waals surface area contributed by atoms with Crippen molar-refractivity contribution in [1.29, 1.82) is 0 Å². The summed E-state index contributed by atoms with van der Waals surface area (Å²) in [4.78, 5) is 15.1. The molecule has 0 saturated carbocycles. The lowest BCUT2D eigenvalue weighted by Gasteiger charge is -2.10. The number of nitrogens with one attached hydrogen (secondary N) is 1. The summed E-state index contributed by atoms with van der Waals surface area (Å²) in [5.41, 5.74) is 4.31. The van der Waals surface area contributed by atoms with Crippen LogP contribution in [0.1, 0.15) is 28.4 Å². The molecule has 4 rings (SSSR count). The van der Waals surface area contributed by atoms with Crippen LogP contribution in [0, 0.1) is 0 Å². The van der Waals surface area contributed by atoms with E-state index in [9.17, 15) is 4.79 Å². The molecular weight excluding hydrogens is 446 g/mol. The molecule has 1 unspecified atom stereocenters. The summed E-state index contributed by atoms with van der Waals surface area (Å²) < 4.78 is 6.27. The second kappa shape index (κ2) is 7.66. The topological polar surface area (TPSA) is 42.1 Å². The molecule has 6 heteroatoms. The molecule has 0 aliphatic heterocycles. The Morgan fingerprint density at radius 3 is 2.93 bits per heavy atom. The fraction of sp³-hybridized carbons (Fsp3) is 0.190. The summed E-state index contributed by atoms with van der Waals surface area (Å²) in [7, 11) is 0. The van der Waals surface area contributed by atoms with Gasteiger partial charge in [0.25, 0.3) is 0 Å². The minimum atomic E-state index is -0.206. The lowest BCUT2D eigenvalue weighted by Crippen LogP contribution is -2.06. The Hall–Kier alpha value is -1.82. The average Bonchev–Trinajstić information content (AvgIpc) is 3.25. The van der Waals surface area contributed by atoms with Crippen molar-refractivity contribution in [3.8, 4) is 0 Å². The summed E-state index contributed by atoms with van der Waals surface area (Å²) in [5, 5.41) is 5.13. The van der Waals surface area contributed by atoms with E-state index >= 15 is 0 Å². The van der Waals surface area contributed by atoms with Crippen molar-refractivity contribution < 1.29 is 9.53 Å². The van der Waals surface area contributed by atoms with Crippen molar-refractivity contribution in [1.82, 2.24) is 4.98 Å². The van der Waals surface area contributed by atoms with Crippen molar-refractivity contribution in [2.24, 2.45) is 0 Å². The van der Waals surface area contributed by atoms with Crippen LogP contribution in [-0.4, -0.2) is 17.6 Å². The Kier molecular flexibility index (Phi) is 5.26. The normalized spacial score (nSPS) is 12.6. The smallest absolute Gasteiger partial charge is 0.310 e. The van der Waals surface area contributed by atoms with Gasteiger partial charge in [-0.05, 0) is 58.6 Å². The first kappa shape index (κ1) is 18.5. The van der Waals surface area contributed by atoms with Gasteiger partial charge < -0.3 is 9.72 Å². The third kappa shape index (κ3) is 3.64. The van der Waals surface area contributed by atoms with Gasteiger partial charge in [0.15, 0.2) is 0 Å². The number of carbonyl (C=O) groups is 1. The molecule has 0 bridgehead atoms. The number of rotatable bonds is 5. The van der Waals surface area contributed by atoms with Gasteiger partial charge >= 0.3 is 5.97 Å². The number of H-pyrrole nitrogens is 1. The van der Waals surface area contributed by atoms with Crippen molar-refractivity contribution in [2.45, 2.75) is 18.2 Å². The molecule has 27 heavy (non-hydrogen) atoms. The molecule has 0 saturated heterocycles. The highest BCUT2D eigenvalue weighted by atomic mass is 79.9. The van der Waals surface area contributed by atoms with Crippen molar-refractivity contribution >= 4 is 65.8 Å². The van der Waals surface area contributed by atoms with Crippen LogP contribution >= 0.6 is 38.9 Å². The van der Waals surface area contributed by atoms with Crippen LogP contribution in [-0.2, 0) is 16.0 Å². The largest absolute Gasteiger partial charge is 0.466 e. The molecule has 1 N–H and O–H groups in total. The highest BCUT2D eigenvalue weighted by Gasteiger charge is 2.17. The van der Waals surface area contributed by atoms with E-state index in [2.05, 4.69) is 50.6 Å². The number of aromatic nitrogens is 1. The fourth-order valence-electron chi connectivity index (χ4n) is 3.27. The molecule has 4 aromatic rings. The fourth-order valence-corrected chi connectivity index (χ4v) is 5.25. The van der Waals surface area contributed by atoms with Gasteiger partial charge in [0, 0.05) is 26.8 Å². The Morgan fingerprint density at radius 2 is 2.11 bits per heavy atom. The number of aromatic amines is 1. The van der Waals surface area contributed by atoms with E-state index in [4.69, 9.17) is 16.3 Å². The Labute approximate surface area is 174 Å². The quantitative estimate of drug-likeness (QED) is 0.267. The molecule has 2 aromatic heterocycles. The molecule has 0 spiro atoms. The Bertz CT molecular complexity index is 1130. The van der Waals surface area contributed by atoms with Crippen LogP contribution in [0.25, 0.3) is 21.0 Å². The first-order chi connectivity index (χ1) is 13.1. The molecule has 0 radical (unpaired) electrons. The lowest BCUT2D eigenvalue weighted by atomic mass is 10.0. The highest BCUT2D eigenvalue weighted by Crippen LogP contribution is 2.40. The van der Waals surface area contributed by atoms with Gasteiger partial charge in [-0.1, -0.05) is 39.7 Å². The van der Waals surface area contributed by atoms with Crippen LogP contribution in [0.4, 0.5) is 0 Å². The number of ether oxygens (including phenoxy) is 1. The van der Waals surface area contributed by atoms with E-state index in [1.807, 2.05) is 25.3 Å².